The lowest BCUT2D eigenvalue weighted by atomic mass is 10.2. The average molecular weight is 214 g/mol. The summed E-state index contributed by atoms with van der Waals surface area (Å²) in [6.07, 6.45) is 1.21. The van der Waals surface area contributed by atoms with Crippen LogP contribution < -0.4 is 0 Å². The third kappa shape index (κ3) is 4.82. The molecule has 0 saturated heterocycles. The molecule has 1 aromatic rings. The van der Waals surface area contributed by atoms with E-state index in [-0.39, 0.29) is 7.43 Å². The van der Waals surface area contributed by atoms with Crippen molar-refractivity contribution in [1.82, 2.24) is 0 Å². The molecule has 0 bridgehead atoms. The first-order valence-corrected chi connectivity index (χ1v) is 5.66. The number of sulfone groups is 1. The predicted molar refractivity (Wildman–Crippen MR) is 62.3 cm³/mol. The van der Waals surface area contributed by atoms with Gasteiger partial charge in [0.25, 0.3) is 0 Å². The fourth-order valence-corrected chi connectivity index (χ4v) is 1.42. The molecule has 0 N–H and O–H groups in total. The van der Waals surface area contributed by atoms with Crippen LogP contribution in [0.4, 0.5) is 0 Å². The van der Waals surface area contributed by atoms with Crippen LogP contribution in [-0.2, 0) is 9.84 Å². The summed E-state index contributed by atoms with van der Waals surface area (Å²) < 4.78 is 21.9. The highest BCUT2D eigenvalue weighted by Gasteiger charge is 2.04. The van der Waals surface area contributed by atoms with Crippen molar-refractivity contribution in [2.75, 3.05) is 6.26 Å². The smallest absolute Gasteiger partial charge is 0.175 e. The van der Waals surface area contributed by atoms with E-state index in [0.29, 0.717) is 4.90 Å². The zero-order valence-corrected chi connectivity index (χ0v) is 8.76. The average Bonchev–Trinajstić information content (AvgIpc) is 2.07. The van der Waals surface area contributed by atoms with Gasteiger partial charge in [-0.25, -0.2) is 8.42 Å². The van der Waals surface area contributed by atoms with Gasteiger partial charge >= 0.3 is 0 Å². The third-order valence-electron chi connectivity index (χ3n) is 1.45. The monoisotopic (exact) mass is 214 g/mol. The maximum absolute atomic E-state index is 10.9. The van der Waals surface area contributed by atoms with Crippen LogP contribution in [0, 0.1) is 6.92 Å². The molecule has 0 heterocycles. The molecule has 1 aromatic carbocycles. The minimum Gasteiger partial charge on any atom is -0.224 e. The summed E-state index contributed by atoms with van der Waals surface area (Å²) in [5.74, 6) is 0. The second kappa shape index (κ2) is 6.38. The highest BCUT2D eigenvalue weighted by atomic mass is 32.2. The Balaban J connectivity index is 0. The van der Waals surface area contributed by atoms with Crippen molar-refractivity contribution < 1.29 is 8.42 Å². The molecule has 0 aromatic heterocycles. The Bertz CT molecular complexity index is 349. The van der Waals surface area contributed by atoms with Gasteiger partial charge in [0.15, 0.2) is 9.84 Å². The van der Waals surface area contributed by atoms with Crippen molar-refractivity contribution in [3.05, 3.63) is 43.0 Å². The fourth-order valence-electron chi connectivity index (χ4n) is 0.785. The summed E-state index contributed by atoms with van der Waals surface area (Å²) in [5.41, 5.74) is 1.07. The van der Waals surface area contributed by atoms with Crippen LogP contribution in [0.3, 0.4) is 0 Å². The van der Waals surface area contributed by atoms with Crippen LogP contribution in [0.15, 0.2) is 42.3 Å². The van der Waals surface area contributed by atoms with Crippen LogP contribution in [0.2, 0.25) is 0 Å². The largest absolute Gasteiger partial charge is 0.224 e. The van der Waals surface area contributed by atoms with Gasteiger partial charge in [0.2, 0.25) is 0 Å². The summed E-state index contributed by atoms with van der Waals surface area (Å²) in [5, 5.41) is 0. The minimum atomic E-state index is -3.02. The molecule has 2 nitrogen and oxygen atoms in total. The standard InChI is InChI=1S/C8H10O2S.C2H4.CH4/c1-7-3-5-8(6-4-7)11(2,9)10;1-2;/h3-6H,1-2H3;1-2H2;1H4. The Morgan fingerprint density at radius 3 is 1.71 bits per heavy atom. The Morgan fingerprint density at radius 2 is 1.43 bits per heavy atom. The molecule has 14 heavy (non-hydrogen) atoms. The van der Waals surface area contributed by atoms with Crippen LogP contribution in [0.1, 0.15) is 13.0 Å². The number of hydrogen-bond acceptors (Lipinski definition) is 2. The molecule has 0 aliphatic rings. The molecule has 0 radical (unpaired) electrons. The van der Waals surface area contributed by atoms with Crippen molar-refractivity contribution in [3.63, 3.8) is 0 Å². The predicted octanol–water partition coefficient (Wildman–Crippen LogP) is 2.84. The highest BCUT2D eigenvalue weighted by molar-refractivity contribution is 7.90. The summed E-state index contributed by atoms with van der Waals surface area (Å²) >= 11 is 0. The van der Waals surface area contributed by atoms with Gasteiger partial charge < -0.3 is 0 Å². The van der Waals surface area contributed by atoms with Gasteiger partial charge in [0, 0.05) is 6.26 Å². The maximum atomic E-state index is 10.9. The molecular formula is C11H18O2S. The minimum absolute atomic E-state index is 0. The molecule has 0 unspecified atom stereocenters. The molecule has 0 fully saturated rings. The molecule has 1 rings (SSSR count). The first kappa shape index (κ1) is 15.4. The topological polar surface area (TPSA) is 34.1 Å². The van der Waals surface area contributed by atoms with Gasteiger partial charge in [0.05, 0.1) is 4.90 Å². The van der Waals surface area contributed by atoms with Gasteiger partial charge in [-0.2, -0.15) is 0 Å². The Labute approximate surface area is 87.2 Å². The lowest BCUT2D eigenvalue weighted by Crippen LogP contribution is -1.95. The van der Waals surface area contributed by atoms with Crippen LogP contribution in [-0.4, -0.2) is 14.7 Å². The molecule has 0 saturated carbocycles. The van der Waals surface area contributed by atoms with Crippen molar-refractivity contribution in [2.45, 2.75) is 19.2 Å². The quantitative estimate of drug-likeness (QED) is 0.674. The van der Waals surface area contributed by atoms with E-state index < -0.39 is 9.84 Å². The molecule has 80 valence electrons. The molecule has 0 spiro atoms. The molecule has 0 aliphatic heterocycles. The first-order valence-electron chi connectivity index (χ1n) is 3.77. The summed E-state index contributed by atoms with van der Waals surface area (Å²) in [6, 6.07) is 6.81. The van der Waals surface area contributed by atoms with Crippen molar-refractivity contribution in [1.29, 1.82) is 0 Å². The normalized spacial score (nSPS) is 9.29. The van der Waals surface area contributed by atoms with Crippen LogP contribution >= 0.6 is 0 Å². The van der Waals surface area contributed by atoms with E-state index in [1.807, 2.05) is 6.92 Å². The Morgan fingerprint density at radius 1 is 1.07 bits per heavy atom. The SMILES string of the molecule is C.C=C.Cc1ccc(S(C)(=O)=O)cc1. The molecule has 0 atom stereocenters. The van der Waals surface area contributed by atoms with Crippen molar-refractivity contribution >= 4 is 9.84 Å². The molecule has 0 aliphatic carbocycles. The summed E-state index contributed by atoms with van der Waals surface area (Å²) in [4.78, 5) is 0.378. The van der Waals surface area contributed by atoms with Crippen molar-refractivity contribution in [3.8, 4) is 0 Å². The van der Waals surface area contributed by atoms with E-state index in [9.17, 15) is 8.42 Å². The van der Waals surface area contributed by atoms with Gasteiger partial charge in [-0.15, -0.1) is 13.2 Å². The number of aryl methyl sites for hydroxylation is 1. The molecule has 3 heteroatoms. The Hall–Kier alpha value is -1.09. The van der Waals surface area contributed by atoms with Crippen LogP contribution in [0.25, 0.3) is 0 Å². The van der Waals surface area contributed by atoms with E-state index >= 15 is 0 Å². The zero-order chi connectivity index (χ0) is 10.5. The van der Waals surface area contributed by atoms with Gasteiger partial charge in [-0.1, -0.05) is 25.1 Å². The third-order valence-corrected chi connectivity index (χ3v) is 2.58. The van der Waals surface area contributed by atoms with Gasteiger partial charge in [-0.3, -0.25) is 0 Å². The van der Waals surface area contributed by atoms with E-state index in [2.05, 4.69) is 13.2 Å². The van der Waals surface area contributed by atoms with E-state index in [1.54, 1.807) is 24.3 Å². The first-order chi connectivity index (χ1) is 6.00. The van der Waals surface area contributed by atoms with Gasteiger partial charge in [0.1, 0.15) is 0 Å². The lowest BCUT2D eigenvalue weighted by molar-refractivity contribution is 0.602. The van der Waals surface area contributed by atoms with Gasteiger partial charge in [-0.05, 0) is 19.1 Å². The Kier molecular flexibility index (Phi) is 7.01. The molecular weight excluding hydrogens is 196 g/mol. The zero-order valence-electron chi connectivity index (χ0n) is 7.95. The highest BCUT2D eigenvalue weighted by Crippen LogP contribution is 2.08. The second-order valence-corrected chi connectivity index (χ2v) is 4.60. The van der Waals surface area contributed by atoms with E-state index in [4.69, 9.17) is 0 Å². The van der Waals surface area contributed by atoms with Crippen LogP contribution in [0.5, 0.6) is 0 Å². The van der Waals surface area contributed by atoms with E-state index in [1.165, 1.54) is 6.26 Å². The fraction of sp³-hybridized carbons (Fsp3) is 0.273. The van der Waals surface area contributed by atoms with E-state index in [0.717, 1.165) is 5.56 Å². The lowest BCUT2D eigenvalue weighted by Gasteiger charge is -1.96. The summed E-state index contributed by atoms with van der Waals surface area (Å²) in [7, 11) is -3.02. The number of rotatable bonds is 1. The number of benzene rings is 1. The maximum Gasteiger partial charge on any atom is 0.175 e. The number of hydrogen-bond donors (Lipinski definition) is 0. The molecule has 0 amide bonds. The van der Waals surface area contributed by atoms with Crippen molar-refractivity contribution in [2.24, 2.45) is 0 Å². The summed E-state index contributed by atoms with van der Waals surface area (Å²) in [6.45, 7) is 7.92. The second-order valence-electron chi connectivity index (χ2n) is 2.59.